The van der Waals surface area contributed by atoms with Crippen molar-refractivity contribution in [3.63, 3.8) is 0 Å². The van der Waals surface area contributed by atoms with Crippen LogP contribution < -0.4 is 4.90 Å². The van der Waals surface area contributed by atoms with E-state index < -0.39 is 0 Å². The number of halogens is 1. The van der Waals surface area contributed by atoms with Crippen molar-refractivity contribution in [3.8, 4) is 0 Å². The van der Waals surface area contributed by atoms with Crippen molar-refractivity contribution in [2.24, 2.45) is 11.0 Å². The van der Waals surface area contributed by atoms with Gasteiger partial charge in [-0.3, -0.25) is 4.79 Å². The molecule has 2 heterocycles. The minimum absolute atomic E-state index is 0.0211. The summed E-state index contributed by atoms with van der Waals surface area (Å²) in [7, 11) is 0. The number of aromatic nitrogens is 2. The molecule has 88 valence electrons. The molecule has 1 aromatic heterocycles. The fourth-order valence-electron chi connectivity index (χ4n) is 1.78. The molecule has 1 aromatic rings. The van der Waals surface area contributed by atoms with Crippen LogP contribution in [0.3, 0.4) is 0 Å². The molecule has 0 saturated carbocycles. The number of hydrogen-bond donors (Lipinski definition) is 0. The number of hydrogen-bond acceptors (Lipinski definition) is 4. The number of carbonyl (C=O) groups is 1. The Morgan fingerprint density at radius 2 is 2.53 bits per heavy atom. The summed E-state index contributed by atoms with van der Waals surface area (Å²) < 4.78 is 0. The van der Waals surface area contributed by atoms with Crippen LogP contribution in [0.5, 0.6) is 0 Å². The average Bonchev–Trinajstić information content (AvgIpc) is 2.68. The number of nitrogens with zero attached hydrogens (tertiary/aromatic N) is 6. The maximum atomic E-state index is 11.8. The van der Waals surface area contributed by atoms with Crippen LogP contribution in [0, 0.1) is 5.92 Å². The molecule has 1 unspecified atom stereocenters. The van der Waals surface area contributed by atoms with Crippen molar-refractivity contribution >= 4 is 23.2 Å². The van der Waals surface area contributed by atoms with Crippen LogP contribution in [0.25, 0.3) is 10.4 Å². The normalized spacial score (nSPS) is 19.2. The summed E-state index contributed by atoms with van der Waals surface area (Å²) in [4.78, 5) is 16.0. The van der Waals surface area contributed by atoms with Gasteiger partial charge >= 0.3 is 0 Å². The number of azide groups is 1. The maximum Gasteiger partial charge on any atom is 0.227 e. The molecule has 0 aliphatic carbocycles. The lowest BCUT2D eigenvalue weighted by Crippen LogP contribution is -2.25. The highest BCUT2D eigenvalue weighted by atomic mass is 35.5. The highest BCUT2D eigenvalue weighted by molar-refractivity contribution is 6.29. The summed E-state index contributed by atoms with van der Waals surface area (Å²) in [6.45, 7) is 0.838. The highest BCUT2D eigenvalue weighted by Crippen LogP contribution is 2.25. The standard InChI is InChI=1S/C9H9ClN6O/c10-8-2-7(4-12-14-8)16-5-6(1-9(16)17)3-13-15-11/h2,4,6H,1,3,5H2. The van der Waals surface area contributed by atoms with Gasteiger partial charge in [-0.2, -0.15) is 5.10 Å². The first-order chi connectivity index (χ1) is 8.20. The van der Waals surface area contributed by atoms with E-state index in [1.165, 1.54) is 6.20 Å². The van der Waals surface area contributed by atoms with Crippen LogP contribution in [-0.4, -0.2) is 29.2 Å². The van der Waals surface area contributed by atoms with Crippen LogP contribution >= 0.6 is 11.6 Å². The van der Waals surface area contributed by atoms with Crippen LogP contribution in [0.1, 0.15) is 6.42 Å². The Hall–Kier alpha value is -1.85. The van der Waals surface area contributed by atoms with Gasteiger partial charge < -0.3 is 4.90 Å². The summed E-state index contributed by atoms with van der Waals surface area (Å²) in [5.41, 5.74) is 8.86. The summed E-state index contributed by atoms with van der Waals surface area (Å²) in [5, 5.41) is 11.0. The molecule has 8 heteroatoms. The Morgan fingerprint density at radius 1 is 1.71 bits per heavy atom. The van der Waals surface area contributed by atoms with E-state index in [9.17, 15) is 4.79 Å². The molecule has 0 N–H and O–H groups in total. The zero-order chi connectivity index (χ0) is 12.3. The van der Waals surface area contributed by atoms with E-state index >= 15 is 0 Å². The summed E-state index contributed by atoms with van der Waals surface area (Å²) in [5.74, 6) is 0.0255. The van der Waals surface area contributed by atoms with Gasteiger partial charge in [0.05, 0.1) is 11.9 Å². The molecule has 2 rings (SSSR count). The van der Waals surface area contributed by atoms with Gasteiger partial charge in [0.2, 0.25) is 5.91 Å². The van der Waals surface area contributed by atoms with Gasteiger partial charge in [-0.1, -0.05) is 16.7 Å². The zero-order valence-electron chi connectivity index (χ0n) is 8.82. The number of anilines is 1. The summed E-state index contributed by atoms with van der Waals surface area (Å²) in [6, 6.07) is 1.59. The summed E-state index contributed by atoms with van der Waals surface area (Å²) >= 11 is 5.71. The Labute approximate surface area is 102 Å². The van der Waals surface area contributed by atoms with E-state index in [-0.39, 0.29) is 17.0 Å². The van der Waals surface area contributed by atoms with Crippen molar-refractivity contribution in [3.05, 3.63) is 27.9 Å². The maximum absolute atomic E-state index is 11.8. The Bertz CT molecular complexity index is 486. The molecule has 0 bridgehead atoms. The van der Waals surface area contributed by atoms with Gasteiger partial charge in [0.15, 0.2) is 5.15 Å². The number of carbonyl (C=O) groups excluding carboxylic acids is 1. The van der Waals surface area contributed by atoms with E-state index in [1.54, 1.807) is 11.0 Å². The minimum atomic E-state index is -0.0211. The van der Waals surface area contributed by atoms with Gasteiger partial charge in [-0.15, -0.1) is 5.10 Å². The van der Waals surface area contributed by atoms with Gasteiger partial charge in [0, 0.05) is 30.5 Å². The van der Waals surface area contributed by atoms with Crippen molar-refractivity contribution in [1.29, 1.82) is 0 Å². The highest BCUT2D eigenvalue weighted by Gasteiger charge is 2.30. The first-order valence-corrected chi connectivity index (χ1v) is 5.38. The Balaban J connectivity index is 2.12. The molecule has 1 saturated heterocycles. The van der Waals surface area contributed by atoms with Gasteiger partial charge in [0.25, 0.3) is 0 Å². The van der Waals surface area contributed by atoms with E-state index in [1.807, 2.05) is 0 Å². The number of amides is 1. The second-order valence-corrected chi connectivity index (χ2v) is 4.11. The Morgan fingerprint density at radius 3 is 3.24 bits per heavy atom. The van der Waals surface area contributed by atoms with E-state index in [0.29, 0.717) is 25.2 Å². The van der Waals surface area contributed by atoms with E-state index in [2.05, 4.69) is 20.2 Å². The van der Waals surface area contributed by atoms with Gasteiger partial charge in [-0.25, -0.2) is 0 Å². The van der Waals surface area contributed by atoms with Crippen molar-refractivity contribution in [2.45, 2.75) is 6.42 Å². The SMILES string of the molecule is [N-]=[N+]=NCC1CC(=O)N(c2cnnc(Cl)c2)C1. The first-order valence-electron chi connectivity index (χ1n) is 5.00. The second-order valence-electron chi connectivity index (χ2n) is 3.72. The van der Waals surface area contributed by atoms with Gasteiger partial charge in [0.1, 0.15) is 0 Å². The van der Waals surface area contributed by atoms with Crippen LogP contribution in [0.2, 0.25) is 5.15 Å². The predicted octanol–water partition coefficient (Wildman–Crippen LogP) is 1.79. The third-order valence-electron chi connectivity index (χ3n) is 2.53. The fourth-order valence-corrected chi connectivity index (χ4v) is 1.94. The monoisotopic (exact) mass is 252 g/mol. The molecule has 1 aliphatic rings. The lowest BCUT2D eigenvalue weighted by Gasteiger charge is -2.15. The molecule has 1 aliphatic heterocycles. The average molecular weight is 253 g/mol. The largest absolute Gasteiger partial charge is 0.310 e. The summed E-state index contributed by atoms with van der Waals surface area (Å²) in [6.07, 6.45) is 1.86. The minimum Gasteiger partial charge on any atom is -0.310 e. The fraction of sp³-hybridized carbons (Fsp3) is 0.444. The molecule has 0 aromatic carbocycles. The smallest absolute Gasteiger partial charge is 0.227 e. The molecule has 17 heavy (non-hydrogen) atoms. The third-order valence-corrected chi connectivity index (χ3v) is 2.71. The molecule has 7 nitrogen and oxygen atoms in total. The lowest BCUT2D eigenvalue weighted by atomic mass is 10.1. The molecule has 1 fully saturated rings. The second kappa shape index (κ2) is 4.99. The first kappa shape index (κ1) is 11.6. The molecular weight excluding hydrogens is 244 g/mol. The molecule has 0 radical (unpaired) electrons. The topological polar surface area (TPSA) is 94.9 Å². The van der Waals surface area contributed by atoms with Crippen molar-refractivity contribution in [2.75, 3.05) is 18.0 Å². The predicted molar refractivity (Wildman–Crippen MR) is 61.5 cm³/mol. The quantitative estimate of drug-likeness (QED) is 0.466. The zero-order valence-corrected chi connectivity index (χ0v) is 9.58. The van der Waals surface area contributed by atoms with Crippen molar-refractivity contribution < 1.29 is 4.79 Å². The van der Waals surface area contributed by atoms with Crippen LogP contribution in [-0.2, 0) is 4.79 Å². The Kier molecular flexibility index (Phi) is 3.41. The van der Waals surface area contributed by atoms with E-state index in [0.717, 1.165) is 0 Å². The molecule has 1 atom stereocenters. The van der Waals surface area contributed by atoms with Gasteiger partial charge in [-0.05, 0) is 11.4 Å². The molecular formula is C9H9ClN6O. The third kappa shape index (κ3) is 2.64. The van der Waals surface area contributed by atoms with Crippen molar-refractivity contribution in [1.82, 2.24) is 10.2 Å². The van der Waals surface area contributed by atoms with Crippen LogP contribution in [0.15, 0.2) is 17.4 Å². The lowest BCUT2D eigenvalue weighted by molar-refractivity contribution is -0.117. The molecule has 1 amide bonds. The van der Waals surface area contributed by atoms with E-state index in [4.69, 9.17) is 17.1 Å². The number of rotatable bonds is 3. The van der Waals surface area contributed by atoms with Crippen LogP contribution in [0.4, 0.5) is 5.69 Å². The molecule has 0 spiro atoms.